The van der Waals surface area contributed by atoms with Gasteiger partial charge in [0.15, 0.2) is 5.82 Å². The predicted octanol–water partition coefficient (Wildman–Crippen LogP) is 3.43. The minimum atomic E-state index is -0.177. The Hall–Kier alpha value is -2.89. The molecule has 0 atom stereocenters. The zero-order chi connectivity index (χ0) is 17.4. The van der Waals surface area contributed by atoms with E-state index in [1.54, 1.807) is 6.20 Å². The number of aromatic nitrogens is 3. The van der Waals surface area contributed by atoms with Crippen molar-refractivity contribution in [3.63, 3.8) is 0 Å². The van der Waals surface area contributed by atoms with Crippen LogP contribution in [0.25, 0.3) is 10.9 Å². The SMILES string of the molecule is Cc1ccc2[nH]c(C(=O)Nc3cncnc3N3CCCC3)cc2c1C. The lowest BCUT2D eigenvalue weighted by Crippen LogP contribution is -2.22. The number of aryl methyl sites for hydroxylation is 2. The molecule has 2 N–H and O–H groups in total. The summed E-state index contributed by atoms with van der Waals surface area (Å²) in [5, 5.41) is 4.04. The highest BCUT2D eigenvalue weighted by molar-refractivity contribution is 6.07. The van der Waals surface area contributed by atoms with E-state index in [0.29, 0.717) is 11.4 Å². The summed E-state index contributed by atoms with van der Waals surface area (Å²) in [5.41, 5.74) is 4.57. The van der Waals surface area contributed by atoms with Gasteiger partial charge in [-0.25, -0.2) is 9.97 Å². The van der Waals surface area contributed by atoms with Crippen LogP contribution >= 0.6 is 0 Å². The molecule has 3 aromatic rings. The lowest BCUT2D eigenvalue weighted by molar-refractivity contribution is 0.102. The van der Waals surface area contributed by atoms with E-state index in [2.05, 4.69) is 45.1 Å². The molecule has 25 heavy (non-hydrogen) atoms. The zero-order valence-electron chi connectivity index (χ0n) is 14.5. The lowest BCUT2D eigenvalue weighted by atomic mass is 10.1. The first-order valence-electron chi connectivity index (χ1n) is 8.59. The number of H-pyrrole nitrogens is 1. The molecule has 1 aliphatic rings. The average molecular weight is 335 g/mol. The molecule has 1 aromatic carbocycles. The fraction of sp³-hybridized carbons (Fsp3) is 0.316. The van der Waals surface area contributed by atoms with Crippen LogP contribution in [0.1, 0.15) is 34.5 Å². The molecule has 2 aromatic heterocycles. The molecule has 4 rings (SSSR count). The second kappa shape index (κ2) is 6.20. The molecule has 1 saturated heterocycles. The number of aromatic amines is 1. The fourth-order valence-electron chi connectivity index (χ4n) is 3.36. The average Bonchev–Trinajstić information content (AvgIpc) is 3.28. The first-order valence-corrected chi connectivity index (χ1v) is 8.59. The van der Waals surface area contributed by atoms with Gasteiger partial charge in [-0.2, -0.15) is 0 Å². The van der Waals surface area contributed by atoms with Crippen LogP contribution in [0.3, 0.4) is 0 Å². The van der Waals surface area contributed by atoms with E-state index in [1.165, 1.54) is 17.5 Å². The van der Waals surface area contributed by atoms with Gasteiger partial charge in [0, 0.05) is 24.0 Å². The number of hydrogen-bond acceptors (Lipinski definition) is 4. The minimum Gasteiger partial charge on any atom is -0.355 e. The second-order valence-corrected chi connectivity index (χ2v) is 6.56. The number of hydrogen-bond donors (Lipinski definition) is 2. The Bertz CT molecular complexity index is 940. The van der Waals surface area contributed by atoms with E-state index < -0.39 is 0 Å². The van der Waals surface area contributed by atoms with Gasteiger partial charge in [0.1, 0.15) is 17.7 Å². The van der Waals surface area contributed by atoms with E-state index in [9.17, 15) is 4.79 Å². The Morgan fingerprint density at radius 1 is 1.24 bits per heavy atom. The maximum Gasteiger partial charge on any atom is 0.272 e. The first-order chi connectivity index (χ1) is 12.1. The zero-order valence-corrected chi connectivity index (χ0v) is 14.5. The molecule has 6 nitrogen and oxygen atoms in total. The quantitative estimate of drug-likeness (QED) is 0.769. The smallest absolute Gasteiger partial charge is 0.272 e. The topological polar surface area (TPSA) is 73.9 Å². The molecule has 0 saturated carbocycles. The van der Waals surface area contributed by atoms with E-state index in [1.807, 2.05) is 12.1 Å². The van der Waals surface area contributed by atoms with Gasteiger partial charge in [-0.1, -0.05) is 6.07 Å². The van der Waals surface area contributed by atoms with Crippen molar-refractivity contribution in [2.45, 2.75) is 26.7 Å². The van der Waals surface area contributed by atoms with E-state index in [4.69, 9.17) is 0 Å². The summed E-state index contributed by atoms with van der Waals surface area (Å²) in [6.45, 7) is 6.07. The van der Waals surface area contributed by atoms with Gasteiger partial charge in [-0.3, -0.25) is 4.79 Å². The van der Waals surface area contributed by atoms with Gasteiger partial charge in [-0.05, 0) is 49.9 Å². The summed E-state index contributed by atoms with van der Waals surface area (Å²) in [7, 11) is 0. The molecule has 3 heterocycles. The number of carbonyl (C=O) groups is 1. The van der Waals surface area contributed by atoms with E-state index in [0.717, 1.165) is 42.7 Å². The Morgan fingerprint density at radius 2 is 2.04 bits per heavy atom. The highest BCUT2D eigenvalue weighted by Gasteiger charge is 2.19. The Kier molecular flexibility index (Phi) is 3.87. The van der Waals surface area contributed by atoms with Gasteiger partial charge in [0.05, 0.1) is 6.20 Å². The van der Waals surface area contributed by atoms with Crippen molar-refractivity contribution in [2.24, 2.45) is 0 Å². The van der Waals surface area contributed by atoms with Crippen molar-refractivity contribution in [3.8, 4) is 0 Å². The molecule has 1 amide bonds. The summed E-state index contributed by atoms with van der Waals surface area (Å²) < 4.78 is 0. The molecule has 0 bridgehead atoms. The van der Waals surface area contributed by atoms with Crippen molar-refractivity contribution in [1.29, 1.82) is 0 Å². The number of carbonyl (C=O) groups excluding carboxylic acids is 1. The Labute approximate surface area is 146 Å². The number of nitrogens with zero attached hydrogens (tertiary/aromatic N) is 3. The third kappa shape index (κ3) is 2.84. The van der Waals surface area contributed by atoms with Crippen LogP contribution in [0, 0.1) is 13.8 Å². The normalized spacial score (nSPS) is 14.2. The van der Waals surface area contributed by atoms with E-state index >= 15 is 0 Å². The van der Waals surface area contributed by atoms with Crippen LogP contribution in [-0.2, 0) is 0 Å². The fourth-order valence-corrected chi connectivity index (χ4v) is 3.36. The summed E-state index contributed by atoms with van der Waals surface area (Å²) in [6.07, 6.45) is 5.49. The highest BCUT2D eigenvalue weighted by atomic mass is 16.1. The minimum absolute atomic E-state index is 0.177. The number of benzene rings is 1. The molecular weight excluding hydrogens is 314 g/mol. The lowest BCUT2D eigenvalue weighted by Gasteiger charge is -2.19. The summed E-state index contributed by atoms with van der Waals surface area (Å²) >= 11 is 0. The van der Waals surface area contributed by atoms with Crippen LogP contribution < -0.4 is 10.2 Å². The maximum absolute atomic E-state index is 12.7. The number of rotatable bonds is 3. The summed E-state index contributed by atoms with van der Waals surface area (Å²) in [4.78, 5) is 26.6. The molecule has 0 spiro atoms. The number of anilines is 2. The predicted molar refractivity (Wildman–Crippen MR) is 99.2 cm³/mol. The summed E-state index contributed by atoms with van der Waals surface area (Å²) in [5.74, 6) is 0.618. The van der Waals surface area contributed by atoms with Crippen LogP contribution in [0.2, 0.25) is 0 Å². The molecule has 1 aliphatic heterocycles. The van der Waals surface area contributed by atoms with Crippen molar-refractivity contribution in [1.82, 2.24) is 15.0 Å². The second-order valence-electron chi connectivity index (χ2n) is 6.56. The molecule has 0 unspecified atom stereocenters. The molecule has 1 fully saturated rings. The monoisotopic (exact) mass is 335 g/mol. The molecule has 6 heteroatoms. The Morgan fingerprint density at radius 3 is 2.84 bits per heavy atom. The number of fused-ring (bicyclic) bond motifs is 1. The van der Waals surface area contributed by atoms with Gasteiger partial charge < -0.3 is 15.2 Å². The van der Waals surface area contributed by atoms with Crippen molar-refractivity contribution < 1.29 is 4.79 Å². The van der Waals surface area contributed by atoms with Gasteiger partial charge in [-0.15, -0.1) is 0 Å². The van der Waals surface area contributed by atoms with Crippen molar-refractivity contribution in [2.75, 3.05) is 23.3 Å². The van der Waals surface area contributed by atoms with E-state index in [-0.39, 0.29) is 5.91 Å². The highest BCUT2D eigenvalue weighted by Crippen LogP contribution is 2.27. The number of nitrogens with one attached hydrogen (secondary N) is 2. The largest absolute Gasteiger partial charge is 0.355 e. The Balaban J connectivity index is 1.64. The molecular formula is C19H21N5O. The van der Waals surface area contributed by atoms with Crippen LogP contribution in [-0.4, -0.2) is 33.9 Å². The third-order valence-electron chi connectivity index (χ3n) is 4.93. The van der Waals surface area contributed by atoms with Crippen molar-refractivity contribution in [3.05, 3.63) is 47.5 Å². The molecule has 0 radical (unpaired) electrons. The van der Waals surface area contributed by atoms with Gasteiger partial charge in [0.2, 0.25) is 0 Å². The van der Waals surface area contributed by atoms with Crippen molar-refractivity contribution >= 4 is 28.3 Å². The van der Waals surface area contributed by atoms with Crippen LogP contribution in [0.15, 0.2) is 30.7 Å². The molecule has 0 aliphatic carbocycles. The molecule has 128 valence electrons. The van der Waals surface area contributed by atoms with Gasteiger partial charge >= 0.3 is 0 Å². The summed E-state index contributed by atoms with van der Waals surface area (Å²) in [6, 6.07) is 5.98. The van der Waals surface area contributed by atoms with Crippen LogP contribution in [0.4, 0.5) is 11.5 Å². The van der Waals surface area contributed by atoms with Crippen LogP contribution in [0.5, 0.6) is 0 Å². The first kappa shape index (κ1) is 15.6. The van der Waals surface area contributed by atoms with Gasteiger partial charge in [0.25, 0.3) is 5.91 Å². The number of amides is 1. The maximum atomic E-state index is 12.7. The standard InChI is InChI=1S/C19H21N5O/c1-12-5-6-15-14(13(12)2)9-16(22-15)19(25)23-17-10-20-11-21-18(17)24-7-3-4-8-24/h5-6,9-11,22H,3-4,7-8H2,1-2H3,(H,23,25). The third-order valence-corrected chi connectivity index (χ3v) is 4.93.